The fraction of sp³-hybridized carbons (Fsp3) is 0.400. The molecule has 15 heavy (non-hydrogen) atoms. The largest absolute Gasteiger partial charge is 0.490 e. The Morgan fingerprint density at radius 3 is 2.93 bits per heavy atom. The van der Waals surface area contributed by atoms with E-state index in [0.29, 0.717) is 12.3 Å². The van der Waals surface area contributed by atoms with Gasteiger partial charge >= 0.3 is 5.97 Å². The van der Waals surface area contributed by atoms with Gasteiger partial charge in [0.15, 0.2) is 5.69 Å². The predicted octanol–water partition coefficient (Wildman–Crippen LogP) is 0.780. The number of rotatable bonds is 4. The molecule has 0 saturated heterocycles. The fourth-order valence-electron chi connectivity index (χ4n) is 1.21. The number of pyridine rings is 1. The summed E-state index contributed by atoms with van der Waals surface area (Å²) in [4.78, 5) is 14.5. The lowest BCUT2D eigenvalue weighted by molar-refractivity contribution is 0.0689. The Labute approximate surface area is 86.9 Å². The van der Waals surface area contributed by atoms with Gasteiger partial charge in [0.2, 0.25) is 0 Å². The Morgan fingerprint density at radius 1 is 1.67 bits per heavy atom. The van der Waals surface area contributed by atoms with E-state index in [1.807, 2.05) is 0 Å². The van der Waals surface area contributed by atoms with Gasteiger partial charge in [-0.15, -0.1) is 0 Å². The van der Waals surface area contributed by atoms with E-state index in [9.17, 15) is 4.79 Å². The van der Waals surface area contributed by atoms with E-state index in [4.69, 9.17) is 15.6 Å². The third-order valence-electron chi connectivity index (χ3n) is 2.20. The highest BCUT2D eigenvalue weighted by Gasteiger charge is 2.25. The van der Waals surface area contributed by atoms with Crippen molar-refractivity contribution in [1.29, 1.82) is 0 Å². The SMILES string of the molecule is NCc1cnc(C(=O)O)cc1OC1CC1. The molecule has 1 aromatic heterocycles. The number of aromatic nitrogens is 1. The summed E-state index contributed by atoms with van der Waals surface area (Å²) in [6.07, 6.45) is 3.73. The zero-order valence-corrected chi connectivity index (χ0v) is 8.14. The summed E-state index contributed by atoms with van der Waals surface area (Å²) in [5, 5.41) is 8.77. The summed E-state index contributed by atoms with van der Waals surface area (Å²) < 4.78 is 5.55. The molecule has 0 spiro atoms. The Morgan fingerprint density at radius 2 is 2.40 bits per heavy atom. The standard InChI is InChI=1S/C10H12N2O3/c11-4-6-5-12-8(10(13)14)3-9(6)15-7-1-2-7/h3,5,7H,1-2,4,11H2,(H,13,14). The highest BCUT2D eigenvalue weighted by Crippen LogP contribution is 2.29. The van der Waals surface area contributed by atoms with Crippen molar-refractivity contribution in [3.05, 3.63) is 23.5 Å². The molecule has 1 aliphatic carbocycles. The first kappa shape index (κ1) is 9.92. The van der Waals surface area contributed by atoms with Crippen molar-refractivity contribution in [2.24, 2.45) is 5.73 Å². The van der Waals surface area contributed by atoms with Gasteiger partial charge in [0, 0.05) is 24.4 Å². The van der Waals surface area contributed by atoms with Crippen molar-refractivity contribution in [3.63, 3.8) is 0 Å². The van der Waals surface area contributed by atoms with Crippen LogP contribution in [0, 0.1) is 0 Å². The number of nitrogens with two attached hydrogens (primary N) is 1. The van der Waals surface area contributed by atoms with Crippen LogP contribution in [0.3, 0.4) is 0 Å². The van der Waals surface area contributed by atoms with Crippen LogP contribution in [0.1, 0.15) is 28.9 Å². The minimum absolute atomic E-state index is 0.0112. The van der Waals surface area contributed by atoms with Crippen molar-refractivity contribution in [2.75, 3.05) is 0 Å². The molecule has 1 heterocycles. The lowest BCUT2D eigenvalue weighted by Crippen LogP contribution is -2.08. The van der Waals surface area contributed by atoms with Gasteiger partial charge in [-0.3, -0.25) is 0 Å². The molecule has 2 rings (SSSR count). The summed E-state index contributed by atoms with van der Waals surface area (Å²) in [5.74, 6) is -0.508. The first-order valence-corrected chi connectivity index (χ1v) is 4.79. The average Bonchev–Trinajstić information content (AvgIpc) is 3.01. The van der Waals surface area contributed by atoms with Gasteiger partial charge in [-0.05, 0) is 12.8 Å². The lowest BCUT2D eigenvalue weighted by atomic mass is 10.2. The molecule has 0 amide bonds. The number of nitrogens with zero attached hydrogens (tertiary/aromatic N) is 1. The van der Waals surface area contributed by atoms with E-state index in [2.05, 4.69) is 4.98 Å². The number of aromatic carboxylic acids is 1. The second-order valence-corrected chi connectivity index (χ2v) is 3.50. The normalized spacial score (nSPS) is 15.0. The Bertz CT molecular complexity index is 388. The smallest absolute Gasteiger partial charge is 0.354 e. The molecule has 1 fully saturated rings. The zero-order chi connectivity index (χ0) is 10.8. The maximum absolute atomic E-state index is 10.7. The molecule has 1 saturated carbocycles. The summed E-state index contributed by atoms with van der Waals surface area (Å²) in [7, 11) is 0. The van der Waals surface area contributed by atoms with E-state index in [1.165, 1.54) is 12.3 Å². The summed E-state index contributed by atoms with van der Waals surface area (Å²) in [5.41, 5.74) is 6.24. The first-order valence-electron chi connectivity index (χ1n) is 4.79. The molecule has 0 aromatic carbocycles. The molecule has 1 aromatic rings. The number of carboxylic acids is 1. The van der Waals surface area contributed by atoms with Crippen LogP contribution in [0.2, 0.25) is 0 Å². The van der Waals surface area contributed by atoms with Gasteiger partial charge in [0.1, 0.15) is 5.75 Å². The molecule has 5 nitrogen and oxygen atoms in total. The van der Waals surface area contributed by atoms with Crippen molar-refractivity contribution >= 4 is 5.97 Å². The van der Waals surface area contributed by atoms with Gasteiger partial charge in [0.05, 0.1) is 6.10 Å². The molecular weight excluding hydrogens is 196 g/mol. The molecular formula is C10H12N2O3. The van der Waals surface area contributed by atoms with E-state index < -0.39 is 5.97 Å². The van der Waals surface area contributed by atoms with Gasteiger partial charge in [-0.1, -0.05) is 0 Å². The zero-order valence-electron chi connectivity index (χ0n) is 8.14. The number of carboxylic acid groups (broad SMARTS) is 1. The molecule has 0 atom stereocenters. The van der Waals surface area contributed by atoms with Gasteiger partial charge in [-0.2, -0.15) is 0 Å². The minimum Gasteiger partial charge on any atom is -0.490 e. The molecule has 1 aliphatic rings. The highest BCUT2D eigenvalue weighted by molar-refractivity contribution is 5.85. The third-order valence-corrected chi connectivity index (χ3v) is 2.20. The summed E-state index contributed by atoms with van der Waals surface area (Å²) >= 11 is 0. The molecule has 80 valence electrons. The topological polar surface area (TPSA) is 85.4 Å². The third kappa shape index (κ3) is 2.24. The molecule has 5 heteroatoms. The number of hydrogen-bond acceptors (Lipinski definition) is 4. The maximum atomic E-state index is 10.7. The first-order chi connectivity index (χ1) is 7.20. The van der Waals surface area contributed by atoms with Crippen LogP contribution in [0.5, 0.6) is 5.75 Å². The number of ether oxygens (including phenoxy) is 1. The minimum atomic E-state index is -1.06. The van der Waals surface area contributed by atoms with Crippen molar-refractivity contribution < 1.29 is 14.6 Å². The van der Waals surface area contributed by atoms with Crippen LogP contribution in [0.25, 0.3) is 0 Å². The lowest BCUT2D eigenvalue weighted by Gasteiger charge is -2.09. The average molecular weight is 208 g/mol. The quantitative estimate of drug-likeness (QED) is 0.763. The molecule has 0 unspecified atom stereocenters. The molecule has 3 N–H and O–H groups in total. The Kier molecular flexibility index (Phi) is 2.55. The van der Waals surface area contributed by atoms with Crippen LogP contribution < -0.4 is 10.5 Å². The monoisotopic (exact) mass is 208 g/mol. The van der Waals surface area contributed by atoms with E-state index in [-0.39, 0.29) is 11.8 Å². The van der Waals surface area contributed by atoms with Crippen molar-refractivity contribution in [3.8, 4) is 5.75 Å². The van der Waals surface area contributed by atoms with Gasteiger partial charge in [0.25, 0.3) is 0 Å². The Hall–Kier alpha value is -1.62. The summed E-state index contributed by atoms with van der Waals surface area (Å²) in [6.45, 7) is 0.301. The maximum Gasteiger partial charge on any atom is 0.354 e. The van der Waals surface area contributed by atoms with E-state index >= 15 is 0 Å². The number of hydrogen-bond donors (Lipinski definition) is 2. The van der Waals surface area contributed by atoms with Crippen LogP contribution >= 0.6 is 0 Å². The van der Waals surface area contributed by atoms with Crippen LogP contribution in [-0.2, 0) is 6.54 Å². The predicted molar refractivity (Wildman–Crippen MR) is 52.7 cm³/mol. The Balaban J connectivity index is 2.28. The number of carbonyl (C=O) groups is 1. The molecule has 0 bridgehead atoms. The van der Waals surface area contributed by atoms with E-state index in [1.54, 1.807) is 0 Å². The van der Waals surface area contributed by atoms with E-state index in [0.717, 1.165) is 18.4 Å². The van der Waals surface area contributed by atoms with Crippen molar-refractivity contribution in [2.45, 2.75) is 25.5 Å². The molecule has 0 aliphatic heterocycles. The van der Waals surface area contributed by atoms with Crippen LogP contribution in [0.4, 0.5) is 0 Å². The summed E-state index contributed by atoms with van der Waals surface area (Å²) in [6, 6.07) is 1.43. The highest BCUT2D eigenvalue weighted by atomic mass is 16.5. The molecule has 0 radical (unpaired) electrons. The van der Waals surface area contributed by atoms with Gasteiger partial charge < -0.3 is 15.6 Å². The van der Waals surface area contributed by atoms with Crippen LogP contribution in [-0.4, -0.2) is 22.2 Å². The van der Waals surface area contributed by atoms with Crippen LogP contribution in [0.15, 0.2) is 12.3 Å². The second kappa shape index (κ2) is 3.86. The van der Waals surface area contributed by atoms with Crippen molar-refractivity contribution in [1.82, 2.24) is 4.98 Å². The second-order valence-electron chi connectivity index (χ2n) is 3.50. The fourth-order valence-corrected chi connectivity index (χ4v) is 1.21. The van der Waals surface area contributed by atoms with Gasteiger partial charge in [-0.25, -0.2) is 9.78 Å².